The van der Waals surface area contributed by atoms with E-state index in [2.05, 4.69) is 66.9 Å². The molecule has 2 aliphatic rings. The van der Waals surface area contributed by atoms with Gasteiger partial charge in [0.1, 0.15) is 0 Å². The highest BCUT2D eigenvalue weighted by atomic mass is 15.1. The first-order chi connectivity index (χ1) is 10.3. The first kappa shape index (κ1) is 15.2. The number of H-pyrrole nitrogens is 1. The summed E-state index contributed by atoms with van der Waals surface area (Å²) in [7, 11) is 2.26. The summed E-state index contributed by atoms with van der Waals surface area (Å²) in [5, 5.41) is 1.47. The molecule has 0 radical (unpaired) electrons. The Bertz CT molecular complexity index is 641. The Labute approximate surface area is 127 Å². The molecule has 2 unspecified atom stereocenters. The summed E-state index contributed by atoms with van der Waals surface area (Å²) in [4.78, 5) is 6.12. The van der Waals surface area contributed by atoms with Crippen LogP contribution in [0.15, 0.2) is 24.3 Å². The van der Waals surface area contributed by atoms with Crippen molar-refractivity contribution in [1.29, 1.82) is 0 Å². The number of aromatic amines is 1. The van der Waals surface area contributed by atoms with Gasteiger partial charge in [-0.2, -0.15) is 0 Å². The fourth-order valence-corrected chi connectivity index (χ4v) is 3.88. The Balaban J connectivity index is 0.000000374. The zero-order chi connectivity index (χ0) is 15.4. The number of hydrogen-bond acceptors (Lipinski definition) is 1. The first-order valence-electron chi connectivity index (χ1n) is 7.27. The molecule has 1 aliphatic heterocycles. The number of benzene rings is 1. The lowest BCUT2D eigenvalue weighted by atomic mass is 9.79. The number of rotatable bonds is 0. The molecule has 0 saturated carbocycles. The topological polar surface area (TPSA) is 19.0 Å². The molecule has 1 N–H and O–H groups in total. The number of terminal acetylenes is 2. The number of para-hydroxylation sites is 1. The van der Waals surface area contributed by atoms with E-state index in [0.29, 0.717) is 0 Å². The standard InChI is InChI=1S/C15H18N2.2C2H2/c1-17-8-10-6-7-14-15(12(10)9-17)11-4-2-3-5-13(11)16-14;2*1-2/h2-5,10,12,16H,6-9H2,1H3;2*1-2H. The number of nitrogens with one attached hydrogen (secondary N) is 1. The van der Waals surface area contributed by atoms with Crippen molar-refractivity contribution in [3.63, 3.8) is 0 Å². The zero-order valence-electron chi connectivity index (χ0n) is 12.5. The molecule has 108 valence electrons. The van der Waals surface area contributed by atoms with Crippen LogP contribution in [0.5, 0.6) is 0 Å². The fourth-order valence-electron chi connectivity index (χ4n) is 3.88. The highest BCUT2D eigenvalue weighted by Gasteiger charge is 2.37. The maximum atomic E-state index is 4.00. The van der Waals surface area contributed by atoms with Crippen LogP contribution >= 0.6 is 0 Å². The summed E-state index contributed by atoms with van der Waals surface area (Å²) in [5.41, 5.74) is 4.46. The maximum Gasteiger partial charge on any atom is 0.0459 e. The predicted octanol–water partition coefficient (Wildman–Crippen LogP) is 3.26. The third kappa shape index (κ3) is 2.56. The van der Waals surface area contributed by atoms with E-state index in [9.17, 15) is 0 Å². The number of fused-ring (bicyclic) bond motifs is 5. The maximum absolute atomic E-state index is 4.00. The van der Waals surface area contributed by atoms with Crippen molar-refractivity contribution in [1.82, 2.24) is 9.88 Å². The molecule has 1 fully saturated rings. The third-order valence-corrected chi connectivity index (χ3v) is 4.59. The van der Waals surface area contributed by atoms with Crippen molar-refractivity contribution in [3.8, 4) is 25.7 Å². The number of nitrogens with zero attached hydrogens (tertiary/aromatic N) is 1. The monoisotopic (exact) mass is 278 g/mol. The van der Waals surface area contributed by atoms with Gasteiger partial charge in [0, 0.05) is 35.6 Å². The van der Waals surface area contributed by atoms with E-state index in [1.165, 1.54) is 42.5 Å². The highest BCUT2D eigenvalue weighted by molar-refractivity contribution is 5.85. The highest BCUT2D eigenvalue weighted by Crippen LogP contribution is 2.43. The lowest BCUT2D eigenvalue weighted by molar-refractivity contribution is 0.386. The number of hydrogen-bond donors (Lipinski definition) is 1. The van der Waals surface area contributed by atoms with Gasteiger partial charge in [0.25, 0.3) is 0 Å². The van der Waals surface area contributed by atoms with Crippen LogP contribution < -0.4 is 0 Å². The summed E-state index contributed by atoms with van der Waals surface area (Å²) >= 11 is 0. The van der Waals surface area contributed by atoms with Gasteiger partial charge in [-0.3, -0.25) is 0 Å². The molecule has 2 aromatic rings. The van der Waals surface area contributed by atoms with Crippen LogP contribution in [0.4, 0.5) is 0 Å². The van der Waals surface area contributed by atoms with E-state index in [4.69, 9.17) is 0 Å². The van der Waals surface area contributed by atoms with E-state index in [0.717, 1.165) is 11.8 Å². The molecule has 0 amide bonds. The number of aromatic nitrogens is 1. The van der Waals surface area contributed by atoms with E-state index >= 15 is 0 Å². The number of likely N-dealkylation sites (tertiary alicyclic amines) is 1. The van der Waals surface area contributed by atoms with Crippen LogP contribution in [0, 0.1) is 31.6 Å². The van der Waals surface area contributed by atoms with Crippen molar-refractivity contribution in [3.05, 3.63) is 35.5 Å². The molecule has 2 heteroatoms. The average Bonchev–Trinajstić information content (AvgIpc) is 3.10. The summed E-state index contributed by atoms with van der Waals surface area (Å²) in [6.45, 7) is 2.52. The third-order valence-electron chi connectivity index (χ3n) is 4.59. The average molecular weight is 278 g/mol. The Morgan fingerprint density at radius 2 is 1.81 bits per heavy atom. The Morgan fingerprint density at radius 3 is 2.57 bits per heavy atom. The van der Waals surface area contributed by atoms with Gasteiger partial charge in [-0.1, -0.05) is 18.2 Å². The predicted molar refractivity (Wildman–Crippen MR) is 90.1 cm³/mol. The molecule has 2 nitrogen and oxygen atoms in total. The quantitative estimate of drug-likeness (QED) is 0.733. The van der Waals surface area contributed by atoms with Crippen LogP contribution in [-0.2, 0) is 6.42 Å². The minimum Gasteiger partial charge on any atom is -0.358 e. The Morgan fingerprint density at radius 1 is 1.10 bits per heavy atom. The van der Waals surface area contributed by atoms with Crippen molar-refractivity contribution in [2.24, 2.45) is 5.92 Å². The molecule has 1 saturated heterocycles. The van der Waals surface area contributed by atoms with Crippen LogP contribution in [0.25, 0.3) is 10.9 Å². The van der Waals surface area contributed by atoms with Gasteiger partial charge in [-0.15, -0.1) is 25.7 Å². The van der Waals surface area contributed by atoms with Gasteiger partial charge < -0.3 is 9.88 Å². The lowest BCUT2D eigenvalue weighted by Crippen LogP contribution is -2.18. The van der Waals surface area contributed by atoms with Crippen molar-refractivity contribution < 1.29 is 0 Å². The van der Waals surface area contributed by atoms with E-state index in [1.54, 1.807) is 5.56 Å². The molecule has 2 atom stereocenters. The van der Waals surface area contributed by atoms with Gasteiger partial charge in [-0.05, 0) is 37.4 Å². The molecular weight excluding hydrogens is 256 g/mol. The fraction of sp³-hybridized carbons (Fsp3) is 0.368. The molecule has 21 heavy (non-hydrogen) atoms. The molecule has 0 bridgehead atoms. The van der Waals surface area contributed by atoms with Gasteiger partial charge in [-0.25, -0.2) is 0 Å². The molecular formula is C19H22N2. The molecule has 1 aromatic heterocycles. The molecule has 1 aromatic carbocycles. The van der Waals surface area contributed by atoms with Gasteiger partial charge >= 0.3 is 0 Å². The second kappa shape index (κ2) is 6.53. The van der Waals surface area contributed by atoms with Gasteiger partial charge in [0.05, 0.1) is 0 Å². The van der Waals surface area contributed by atoms with Gasteiger partial charge in [0.2, 0.25) is 0 Å². The summed E-state index contributed by atoms with van der Waals surface area (Å²) < 4.78 is 0. The smallest absolute Gasteiger partial charge is 0.0459 e. The SMILES string of the molecule is C#C.C#C.CN1CC2CCc3[nH]c4ccccc4c3C2C1. The van der Waals surface area contributed by atoms with E-state index in [-0.39, 0.29) is 0 Å². The van der Waals surface area contributed by atoms with E-state index in [1.807, 2.05) is 0 Å². The van der Waals surface area contributed by atoms with E-state index < -0.39 is 0 Å². The summed E-state index contributed by atoms with van der Waals surface area (Å²) in [5.74, 6) is 1.65. The Hall–Kier alpha value is -2.16. The van der Waals surface area contributed by atoms with Gasteiger partial charge in [0.15, 0.2) is 0 Å². The zero-order valence-corrected chi connectivity index (χ0v) is 12.5. The van der Waals surface area contributed by atoms with Crippen LogP contribution in [-0.4, -0.2) is 30.0 Å². The minimum absolute atomic E-state index is 0.764. The molecule has 0 spiro atoms. The molecule has 2 heterocycles. The largest absolute Gasteiger partial charge is 0.358 e. The van der Waals surface area contributed by atoms with Crippen LogP contribution in [0.1, 0.15) is 23.6 Å². The number of aryl methyl sites for hydroxylation is 1. The van der Waals surface area contributed by atoms with Crippen molar-refractivity contribution >= 4 is 10.9 Å². The van der Waals surface area contributed by atoms with Crippen LogP contribution in [0.2, 0.25) is 0 Å². The van der Waals surface area contributed by atoms with Crippen molar-refractivity contribution in [2.45, 2.75) is 18.8 Å². The van der Waals surface area contributed by atoms with Crippen molar-refractivity contribution in [2.75, 3.05) is 20.1 Å². The Kier molecular flexibility index (Phi) is 4.73. The summed E-state index contributed by atoms with van der Waals surface area (Å²) in [6.07, 6.45) is 18.6. The second-order valence-corrected chi connectivity index (χ2v) is 5.69. The lowest BCUT2D eigenvalue weighted by Gasteiger charge is -2.24. The summed E-state index contributed by atoms with van der Waals surface area (Å²) in [6, 6.07) is 8.79. The molecule has 1 aliphatic carbocycles. The first-order valence-corrected chi connectivity index (χ1v) is 7.27. The minimum atomic E-state index is 0.764. The second-order valence-electron chi connectivity index (χ2n) is 5.69. The molecule has 4 rings (SSSR count). The number of likely N-dealkylation sites (N-methyl/N-ethyl adjacent to an activating group) is 1. The van der Waals surface area contributed by atoms with Crippen LogP contribution in [0.3, 0.4) is 0 Å². The normalized spacial score (nSPS) is 23.1.